The number of aromatic nitrogens is 4. The average molecular weight is 515 g/mol. The van der Waals surface area contributed by atoms with Gasteiger partial charge in [-0.25, -0.2) is 4.98 Å². The highest BCUT2D eigenvalue weighted by Gasteiger charge is 2.27. The van der Waals surface area contributed by atoms with Crippen LogP contribution in [-0.4, -0.2) is 59.0 Å². The average Bonchev–Trinajstić information content (AvgIpc) is 3.53. The summed E-state index contributed by atoms with van der Waals surface area (Å²) in [6, 6.07) is 9.07. The van der Waals surface area contributed by atoms with Gasteiger partial charge in [0.05, 0.1) is 23.2 Å². The summed E-state index contributed by atoms with van der Waals surface area (Å²) in [6.07, 6.45) is 1.90. The van der Waals surface area contributed by atoms with Crippen LogP contribution in [0.5, 0.6) is 0 Å². The molecule has 1 aromatic carbocycles. The van der Waals surface area contributed by atoms with E-state index >= 15 is 0 Å². The summed E-state index contributed by atoms with van der Waals surface area (Å²) >= 11 is 1.62. The second-order valence-corrected chi connectivity index (χ2v) is 11.4. The molecule has 1 saturated heterocycles. The normalized spacial score (nSPS) is 18.8. The number of hydrogen-bond donors (Lipinski definition) is 1. The van der Waals surface area contributed by atoms with Crippen LogP contribution in [0.3, 0.4) is 0 Å². The molecular formula is C23H27N6O4PS. The number of nitrogens with zero attached hydrogens (tertiary/aromatic N) is 5. The van der Waals surface area contributed by atoms with Crippen molar-refractivity contribution in [1.29, 1.82) is 0 Å². The number of anilines is 3. The number of morpholine rings is 1. The molecule has 12 heteroatoms. The van der Waals surface area contributed by atoms with Gasteiger partial charge in [-0.15, -0.1) is 0 Å². The molecule has 10 nitrogen and oxygen atoms in total. The fourth-order valence-corrected chi connectivity index (χ4v) is 5.90. The van der Waals surface area contributed by atoms with Crippen molar-refractivity contribution in [1.82, 2.24) is 19.5 Å². The molecule has 4 heterocycles. The molecule has 3 aromatic heterocycles. The van der Waals surface area contributed by atoms with Crippen LogP contribution < -0.4 is 15.5 Å². The molecule has 5 rings (SSSR count). The Bertz CT molecular complexity index is 1340. The third-order valence-corrected chi connectivity index (χ3v) is 8.36. The Balaban J connectivity index is 1.56. The van der Waals surface area contributed by atoms with Gasteiger partial charge in [0.1, 0.15) is 6.33 Å². The van der Waals surface area contributed by atoms with Crippen molar-refractivity contribution in [3.8, 4) is 5.69 Å². The van der Waals surface area contributed by atoms with E-state index < -0.39 is 7.60 Å². The molecule has 0 aliphatic carbocycles. The smallest absolute Gasteiger partial charge is 0.360 e. The van der Waals surface area contributed by atoms with E-state index in [1.165, 1.54) is 14.2 Å². The molecule has 0 spiro atoms. The molecule has 2 atom stereocenters. The summed E-state index contributed by atoms with van der Waals surface area (Å²) in [5.41, 5.74) is 3.11. The SMILES string of the molecule is COP(=O)(OC)c1ccc(Nc2nc(N3CC(C)OC(C)C3)nc3c2ncn3-c2ccsc2)cc1. The summed E-state index contributed by atoms with van der Waals surface area (Å²) in [6.45, 7) is 5.49. The Morgan fingerprint density at radius 3 is 2.43 bits per heavy atom. The molecule has 0 bridgehead atoms. The largest absolute Gasteiger partial charge is 0.372 e. The van der Waals surface area contributed by atoms with Crippen LogP contribution in [0, 0.1) is 0 Å². The second-order valence-electron chi connectivity index (χ2n) is 8.34. The summed E-state index contributed by atoms with van der Waals surface area (Å²) < 4.78 is 30.7. The first kappa shape index (κ1) is 23.9. The van der Waals surface area contributed by atoms with Crippen molar-refractivity contribution in [3.05, 3.63) is 47.4 Å². The van der Waals surface area contributed by atoms with Crippen LogP contribution >= 0.6 is 18.9 Å². The van der Waals surface area contributed by atoms with Crippen molar-refractivity contribution in [3.63, 3.8) is 0 Å². The highest BCUT2D eigenvalue weighted by atomic mass is 32.1. The summed E-state index contributed by atoms with van der Waals surface area (Å²) in [5, 5.41) is 7.92. The number of ether oxygens (including phenoxy) is 1. The predicted molar refractivity (Wildman–Crippen MR) is 138 cm³/mol. The third-order valence-electron chi connectivity index (χ3n) is 5.80. The Hall–Kier alpha value is -2.82. The van der Waals surface area contributed by atoms with E-state index in [1.807, 2.05) is 28.1 Å². The predicted octanol–water partition coefficient (Wildman–Crippen LogP) is 4.35. The number of thiophene rings is 1. The molecule has 4 aromatic rings. The van der Waals surface area contributed by atoms with Gasteiger partial charge >= 0.3 is 7.60 Å². The minimum absolute atomic E-state index is 0.0704. The van der Waals surface area contributed by atoms with E-state index in [1.54, 1.807) is 29.8 Å². The van der Waals surface area contributed by atoms with Gasteiger partial charge in [-0.2, -0.15) is 21.3 Å². The van der Waals surface area contributed by atoms with Crippen LogP contribution in [0.15, 0.2) is 47.4 Å². The van der Waals surface area contributed by atoms with Crippen molar-refractivity contribution in [2.75, 3.05) is 37.5 Å². The van der Waals surface area contributed by atoms with Crippen LogP contribution in [0.2, 0.25) is 0 Å². The lowest BCUT2D eigenvalue weighted by Gasteiger charge is -2.35. The molecule has 1 fully saturated rings. The highest BCUT2D eigenvalue weighted by Crippen LogP contribution is 2.45. The Labute approximate surface area is 207 Å². The molecule has 1 N–H and O–H groups in total. The fourth-order valence-electron chi connectivity index (χ4n) is 4.19. The first-order valence-corrected chi connectivity index (χ1v) is 13.7. The Morgan fingerprint density at radius 1 is 1.09 bits per heavy atom. The van der Waals surface area contributed by atoms with E-state index in [0.29, 0.717) is 41.3 Å². The zero-order valence-corrected chi connectivity index (χ0v) is 21.6. The molecule has 2 unspecified atom stereocenters. The molecule has 35 heavy (non-hydrogen) atoms. The van der Waals surface area contributed by atoms with Crippen LogP contribution in [0.25, 0.3) is 16.9 Å². The number of nitrogens with one attached hydrogen (secondary N) is 1. The standard InChI is InChI=1S/C23H27N6O4PS/c1-15-11-28(12-16(2)33-15)23-26-21(20-22(27-23)29(14-24-20)18-9-10-35-13-18)25-17-5-7-19(8-6-17)34(30,31-3)32-4/h5-10,13-16H,11-12H2,1-4H3,(H,25,26,27). The maximum atomic E-state index is 12.7. The second kappa shape index (κ2) is 9.67. The van der Waals surface area contributed by atoms with E-state index in [9.17, 15) is 4.57 Å². The van der Waals surface area contributed by atoms with Gasteiger partial charge in [-0.3, -0.25) is 9.13 Å². The number of benzene rings is 1. The minimum Gasteiger partial charge on any atom is -0.372 e. The quantitative estimate of drug-likeness (QED) is 0.361. The molecule has 1 aliphatic rings. The first-order chi connectivity index (χ1) is 16.9. The van der Waals surface area contributed by atoms with E-state index in [0.717, 1.165) is 11.4 Å². The number of hydrogen-bond acceptors (Lipinski definition) is 10. The van der Waals surface area contributed by atoms with E-state index in [2.05, 4.69) is 34.4 Å². The highest BCUT2D eigenvalue weighted by molar-refractivity contribution is 7.62. The number of fused-ring (bicyclic) bond motifs is 1. The topological polar surface area (TPSA) is 104 Å². The Kier molecular flexibility index (Phi) is 6.61. The van der Waals surface area contributed by atoms with Gasteiger partial charge in [0.15, 0.2) is 17.0 Å². The third kappa shape index (κ3) is 4.70. The molecule has 184 valence electrons. The maximum absolute atomic E-state index is 12.7. The lowest BCUT2D eigenvalue weighted by atomic mass is 10.2. The first-order valence-electron chi connectivity index (χ1n) is 11.2. The molecule has 0 saturated carbocycles. The Morgan fingerprint density at radius 2 is 1.80 bits per heavy atom. The van der Waals surface area contributed by atoms with Crippen molar-refractivity contribution in [2.24, 2.45) is 0 Å². The minimum atomic E-state index is -3.32. The molecule has 1 aliphatic heterocycles. The lowest BCUT2D eigenvalue weighted by Crippen LogP contribution is -2.46. The summed E-state index contributed by atoms with van der Waals surface area (Å²) in [4.78, 5) is 16.5. The van der Waals surface area contributed by atoms with Gasteiger partial charge in [0.25, 0.3) is 0 Å². The molecular weight excluding hydrogens is 487 g/mol. The maximum Gasteiger partial charge on any atom is 0.360 e. The summed E-state index contributed by atoms with van der Waals surface area (Å²) in [5.74, 6) is 1.19. The summed E-state index contributed by atoms with van der Waals surface area (Å²) in [7, 11) is -0.589. The van der Waals surface area contributed by atoms with Crippen molar-refractivity contribution < 1.29 is 18.3 Å². The van der Waals surface area contributed by atoms with E-state index in [-0.39, 0.29) is 12.2 Å². The molecule has 0 radical (unpaired) electrons. The number of imidazole rings is 1. The van der Waals surface area contributed by atoms with Crippen LogP contribution in [-0.2, 0) is 18.3 Å². The van der Waals surface area contributed by atoms with Crippen LogP contribution in [0.4, 0.5) is 17.5 Å². The van der Waals surface area contributed by atoms with Crippen LogP contribution in [0.1, 0.15) is 13.8 Å². The van der Waals surface area contributed by atoms with Gasteiger partial charge in [-0.1, -0.05) is 0 Å². The molecule has 0 amide bonds. The zero-order valence-electron chi connectivity index (χ0n) is 19.9. The van der Waals surface area contributed by atoms with E-state index in [4.69, 9.17) is 23.8 Å². The van der Waals surface area contributed by atoms with Gasteiger partial charge in [0.2, 0.25) is 5.95 Å². The van der Waals surface area contributed by atoms with Gasteiger partial charge < -0.3 is 24.0 Å². The lowest BCUT2D eigenvalue weighted by molar-refractivity contribution is -0.00569. The fraction of sp³-hybridized carbons (Fsp3) is 0.348. The van der Waals surface area contributed by atoms with Gasteiger partial charge in [0, 0.05) is 38.4 Å². The number of rotatable bonds is 7. The monoisotopic (exact) mass is 514 g/mol. The van der Waals surface area contributed by atoms with Crippen molar-refractivity contribution in [2.45, 2.75) is 26.1 Å². The van der Waals surface area contributed by atoms with Gasteiger partial charge in [-0.05, 0) is 49.6 Å². The zero-order chi connectivity index (χ0) is 24.6. The van der Waals surface area contributed by atoms with Crippen molar-refractivity contribution >= 4 is 52.9 Å².